The molecule has 1 heterocycles. The van der Waals surface area contributed by atoms with Crippen LogP contribution in [-0.2, 0) is 19.9 Å². The SMILES string of the molecule is Cc1cccc(N(CC(=O)OC(=O)C2(c3ccccc3)CCCN2C#N)C(N)=O)c1. The number of amides is 2. The first kappa shape index (κ1) is 20.9. The number of ether oxygens (including phenoxy) is 1. The number of hydrogen-bond acceptors (Lipinski definition) is 6. The van der Waals surface area contributed by atoms with Gasteiger partial charge in [-0.05, 0) is 43.0 Å². The number of nitrogens with zero attached hydrogens (tertiary/aromatic N) is 3. The Morgan fingerprint density at radius 2 is 1.93 bits per heavy atom. The van der Waals surface area contributed by atoms with Crippen molar-refractivity contribution in [3.63, 3.8) is 0 Å². The highest BCUT2D eigenvalue weighted by Crippen LogP contribution is 2.39. The zero-order chi connectivity index (χ0) is 21.7. The molecule has 0 spiro atoms. The standard InChI is InChI=1S/C22H22N4O4/c1-16-7-5-10-18(13-16)26(21(24)29)14-19(27)30-20(28)22(11-6-12-25(22)15-23)17-8-3-2-4-9-17/h2-5,7-10,13H,6,11-12,14H2,1H3,(H2,24,29). The van der Waals surface area contributed by atoms with Crippen molar-refractivity contribution in [2.24, 2.45) is 5.73 Å². The Morgan fingerprint density at radius 3 is 2.57 bits per heavy atom. The van der Waals surface area contributed by atoms with Gasteiger partial charge >= 0.3 is 18.0 Å². The number of carbonyl (C=O) groups is 3. The predicted octanol–water partition coefficient (Wildman–Crippen LogP) is 2.42. The molecule has 2 N–H and O–H groups in total. The van der Waals surface area contributed by atoms with Gasteiger partial charge in [0.25, 0.3) is 0 Å². The van der Waals surface area contributed by atoms with Crippen LogP contribution in [-0.4, -0.2) is 36.0 Å². The number of hydrogen-bond donors (Lipinski definition) is 1. The Bertz CT molecular complexity index is 1000. The molecule has 3 rings (SSSR count). The van der Waals surface area contributed by atoms with Crippen molar-refractivity contribution in [2.75, 3.05) is 18.0 Å². The molecule has 8 heteroatoms. The first-order chi connectivity index (χ1) is 14.4. The van der Waals surface area contributed by atoms with E-state index in [-0.39, 0.29) is 0 Å². The first-order valence-electron chi connectivity index (χ1n) is 9.50. The number of nitrogens with two attached hydrogens (primary N) is 1. The van der Waals surface area contributed by atoms with Crippen LogP contribution in [0.4, 0.5) is 10.5 Å². The minimum Gasteiger partial charge on any atom is -0.390 e. The Kier molecular flexibility index (Phi) is 6.02. The summed E-state index contributed by atoms with van der Waals surface area (Å²) in [4.78, 5) is 39.9. The number of anilines is 1. The fourth-order valence-electron chi connectivity index (χ4n) is 3.74. The zero-order valence-corrected chi connectivity index (χ0v) is 16.6. The summed E-state index contributed by atoms with van der Waals surface area (Å²) in [6, 6.07) is 14.8. The molecule has 8 nitrogen and oxygen atoms in total. The minimum absolute atomic E-state index is 0.341. The van der Waals surface area contributed by atoms with Gasteiger partial charge < -0.3 is 10.5 Å². The van der Waals surface area contributed by atoms with E-state index in [1.165, 1.54) is 4.90 Å². The summed E-state index contributed by atoms with van der Waals surface area (Å²) in [5.41, 5.74) is 5.93. The van der Waals surface area contributed by atoms with Gasteiger partial charge in [0.1, 0.15) is 6.54 Å². The van der Waals surface area contributed by atoms with Crippen molar-refractivity contribution in [3.05, 3.63) is 65.7 Å². The maximum atomic E-state index is 13.1. The van der Waals surface area contributed by atoms with Crippen molar-refractivity contribution >= 4 is 23.7 Å². The van der Waals surface area contributed by atoms with Crippen LogP contribution in [0.15, 0.2) is 54.6 Å². The van der Waals surface area contributed by atoms with E-state index < -0.39 is 30.1 Å². The minimum atomic E-state index is -1.37. The third-order valence-electron chi connectivity index (χ3n) is 5.16. The molecule has 1 fully saturated rings. The van der Waals surface area contributed by atoms with Gasteiger partial charge in [0.2, 0.25) is 0 Å². The van der Waals surface area contributed by atoms with Crippen LogP contribution >= 0.6 is 0 Å². The molecule has 1 saturated heterocycles. The summed E-state index contributed by atoms with van der Waals surface area (Å²) in [7, 11) is 0. The van der Waals surface area contributed by atoms with Crippen molar-refractivity contribution in [2.45, 2.75) is 25.3 Å². The number of benzene rings is 2. The topological polar surface area (TPSA) is 117 Å². The maximum absolute atomic E-state index is 13.1. The van der Waals surface area contributed by atoms with Gasteiger partial charge in [0.15, 0.2) is 11.7 Å². The summed E-state index contributed by atoms with van der Waals surface area (Å²) >= 11 is 0. The summed E-state index contributed by atoms with van der Waals surface area (Å²) in [5.74, 6) is -1.77. The highest BCUT2D eigenvalue weighted by atomic mass is 16.6. The molecule has 1 unspecified atom stereocenters. The normalized spacial score (nSPS) is 17.8. The summed E-state index contributed by atoms with van der Waals surface area (Å²) in [6.45, 7) is 1.69. The van der Waals surface area contributed by atoms with Gasteiger partial charge in [0, 0.05) is 12.2 Å². The van der Waals surface area contributed by atoms with E-state index in [4.69, 9.17) is 10.5 Å². The number of primary amides is 1. The van der Waals surface area contributed by atoms with E-state index in [2.05, 4.69) is 0 Å². The van der Waals surface area contributed by atoms with Crippen molar-refractivity contribution in [1.82, 2.24) is 4.90 Å². The van der Waals surface area contributed by atoms with Crippen molar-refractivity contribution in [3.8, 4) is 6.19 Å². The Hall–Kier alpha value is -3.86. The van der Waals surface area contributed by atoms with E-state index in [1.807, 2.05) is 19.2 Å². The number of likely N-dealkylation sites (tertiary alicyclic amines) is 1. The smallest absolute Gasteiger partial charge is 0.345 e. The molecule has 0 saturated carbocycles. The molecular formula is C22H22N4O4. The van der Waals surface area contributed by atoms with Crippen LogP contribution in [0.3, 0.4) is 0 Å². The van der Waals surface area contributed by atoms with Crippen LogP contribution in [0.5, 0.6) is 0 Å². The lowest BCUT2D eigenvalue weighted by Crippen LogP contribution is -2.48. The van der Waals surface area contributed by atoms with Crippen LogP contribution in [0.25, 0.3) is 0 Å². The van der Waals surface area contributed by atoms with E-state index in [9.17, 15) is 19.6 Å². The van der Waals surface area contributed by atoms with Crippen LogP contribution in [0, 0.1) is 18.4 Å². The molecule has 2 aromatic carbocycles. The molecular weight excluding hydrogens is 384 g/mol. The Balaban J connectivity index is 1.83. The fourth-order valence-corrected chi connectivity index (χ4v) is 3.74. The number of nitriles is 1. The second-order valence-electron chi connectivity index (χ2n) is 7.11. The zero-order valence-electron chi connectivity index (χ0n) is 16.6. The average Bonchev–Trinajstić information content (AvgIpc) is 3.17. The molecule has 2 aromatic rings. The van der Waals surface area contributed by atoms with Crippen LogP contribution < -0.4 is 10.6 Å². The lowest BCUT2D eigenvalue weighted by Gasteiger charge is -2.32. The largest absolute Gasteiger partial charge is 0.390 e. The average molecular weight is 406 g/mol. The molecule has 1 atom stereocenters. The summed E-state index contributed by atoms with van der Waals surface area (Å²) in [5, 5.41) is 9.55. The van der Waals surface area contributed by atoms with Gasteiger partial charge in [-0.2, -0.15) is 5.26 Å². The summed E-state index contributed by atoms with van der Waals surface area (Å²) in [6.07, 6.45) is 2.98. The molecule has 0 aromatic heterocycles. The van der Waals surface area contributed by atoms with Crippen molar-refractivity contribution < 1.29 is 19.1 Å². The van der Waals surface area contributed by atoms with Gasteiger partial charge in [-0.15, -0.1) is 0 Å². The Labute approximate surface area is 174 Å². The molecule has 30 heavy (non-hydrogen) atoms. The number of urea groups is 1. The molecule has 0 aliphatic carbocycles. The van der Waals surface area contributed by atoms with Crippen LogP contribution in [0.1, 0.15) is 24.0 Å². The molecule has 154 valence electrons. The van der Waals surface area contributed by atoms with E-state index in [0.29, 0.717) is 30.6 Å². The van der Waals surface area contributed by atoms with E-state index in [0.717, 1.165) is 10.5 Å². The second kappa shape index (κ2) is 8.66. The number of aryl methyl sites for hydroxylation is 1. The molecule has 0 radical (unpaired) electrons. The van der Waals surface area contributed by atoms with Crippen molar-refractivity contribution in [1.29, 1.82) is 5.26 Å². The second-order valence-corrected chi connectivity index (χ2v) is 7.11. The highest BCUT2D eigenvalue weighted by Gasteiger charge is 2.51. The molecule has 2 amide bonds. The van der Waals surface area contributed by atoms with E-state index in [1.54, 1.807) is 48.5 Å². The number of carbonyl (C=O) groups excluding carboxylic acids is 3. The van der Waals surface area contributed by atoms with E-state index >= 15 is 0 Å². The van der Waals surface area contributed by atoms with Gasteiger partial charge in [-0.1, -0.05) is 42.5 Å². The number of rotatable bonds is 5. The highest BCUT2D eigenvalue weighted by molar-refractivity contribution is 5.99. The lowest BCUT2D eigenvalue weighted by atomic mass is 9.87. The monoisotopic (exact) mass is 406 g/mol. The third kappa shape index (κ3) is 3.96. The summed E-state index contributed by atoms with van der Waals surface area (Å²) < 4.78 is 5.14. The third-order valence-corrected chi connectivity index (χ3v) is 5.16. The fraction of sp³-hybridized carbons (Fsp3) is 0.273. The van der Waals surface area contributed by atoms with Gasteiger partial charge in [-0.25, -0.2) is 14.4 Å². The van der Waals surface area contributed by atoms with Gasteiger partial charge in [0.05, 0.1) is 0 Å². The first-order valence-corrected chi connectivity index (χ1v) is 9.50. The lowest BCUT2D eigenvalue weighted by molar-refractivity contribution is -0.166. The molecule has 1 aliphatic heterocycles. The predicted molar refractivity (Wildman–Crippen MR) is 109 cm³/mol. The molecule has 0 bridgehead atoms. The number of esters is 2. The maximum Gasteiger partial charge on any atom is 0.345 e. The Morgan fingerprint density at radius 1 is 1.20 bits per heavy atom. The van der Waals surface area contributed by atoms with Gasteiger partial charge in [-0.3, -0.25) is 9.80 Å². The van der Waals surface area contributed by atoms with Crippen LogP contribution in [0.2, 0.25) is 0 Å². The quantitative estimate of drug-likeness (QED) is 0.463. The molecule has 1 aliphatic rings.